The van der Waals surface area contributed by atoms with E-state index in [0.29, 0.717) is 35.0 Å². The van der Waals surface area contributed by atoms with E-state index < -0.39 is 11.6 Å². The van der Waals surface area contributed by atoms with E-state index in [0.717, 1.165) is 23.0 Å². The van der Waals surface area contributed by atoms with Crippen LogP contribution >= 0.6 is 11.8 Å². The minimum Gasteiger partial charge on any atom is -0.406 e. The quantitative estimate of drug-likeness (QED) is 0.258. The van der Waals surface area contributed by atoms with Crippen LogP contribution in [0.25, 0.3) is 22.1 Å². The third kappa shape index (κ3) is 5.14. The average Bonchev–Trinajstić information content (AvgIpc) is 3.11. The zero-order valence-corrected chi connectivity index (χ0v) is 18.9. The Labute approximate surface area is 197 Å². The van der Waals surface area contributed by atoms with Gasteiger partial charge in [0.25, 0.3) is 0 Å². The Morgan fingerprint density at radius 3 is 2.62 bits per heavy atom. The molecule has 1 amide bonds. The number of anilines is 1. The number of aromatic nitrogens is 4. The molecule has 0 aliphatic rings. The number of fused-ring (bicyclic) bond motifs is 3. The maximum Gasteiger partial charge on any atom is 0.573 e. The molecule has 2 aromatic heterocycles. The number of halogens is 3. The Morgan fingerprint density at radius 2 is 1.94 bits per heavy atom. The first kappa shape index (κ1) is 23.6. The number of thioether (sulfide) groups is 1. The van der Waals surface area contributed by atoms with E-state index in [4.69, 9.17) is 0 Å². The molecule has 0 bridgehead atoms. The number of alkyl halides is 3. The second kappa shape index (κ2) is 9.72. The van der Waals surface area contributed by atoms with E-state index in [-0.39, 0.29) is 11.7 Å². The smallest absolute Gasteiger partial charge is 0.406 e. The van der Waals surface area contributed by atoms with Crippen LogP contribution in [-0.4, -0.2) is 37.3 Å². The van der Waals surface area contributed by atoms with Gasteiger partial charge in [0.15, 0.2) is 5.65 Å². The molecule has 0 saturated heterocycles. The molecule has 4 aromatic rings. The molecule has 7 nitrogen and oxygen atoms in total. The first-order chi connectivity index (χ1) is 16.3. The minimum atomic E-state index is -4.78. The van der Waals surface area contributed by atoms with Gasteiger partial charge in [0.05, 0.1) is 10.8 Å². The summed E-state index contributed by atoms with van der Waals surface area (Å²) in [5, 5.41) is 12.0. The molecule has 0 fully saturated rings. The summed E-state index contributed by atoms with van der Waals surface area (Å²) in [6.07, 6.45) is -2.53. The first-order valence-corrected chi connectivity index (χ1v) is 11.2. The molecule has 0 aliphatic carbocycles. The second-order valence-electron chi connectivity index (χ2n) is 7.26. The van der Waals surface area contributed by atoms with Crippen molar-refractivity contribution in [1.82, 2.24) is 19.7 Å². The molecule has 0 unspecified atom stereocenters. The third-order valence-corrected chi connectivity index (χ3v) is 6.15. The highest BCUT2D eigenvalue weighted by Crippen LogP contribution is 2.30. The van der Waals surface area contributed by atoms with Gasteiger partial charge in [-0.15, -0.1) is 29.9 Å². The van der Waals surface area contributed by atoms with Gasteiger partial charge >= 0.3 is 6.36 Å². The van der Waals surface area contributed by atoms with Crippen LogP contribution in [0.4, 0.5) is 18.9 Å². The van der Waals surface area contributed by atoms with Crippen molar-refractivity contribution in [1.29, 1.82) is 0 Å². The maximum absolute atomic E-state index is 12.8. The van der Waals surface area contributed by atoms with Gasteiger partial charge in [-0.25, -0.2) is 4.98 Å². The zero-order chi connectivity index (χ0) is 24.3. The lowest BCUT2D eigenvalue weighted by Gasteiger charge is -2.14. The lowest BCUT2D eigenvalue weighted by Crippen LogP contribution is -2.25. The van der Waals surface area contributed by atoms with E-state index in [1.807, 2.05) is 35.8 Å². The molecule has 0 radical (unpaired) electrons. The SMILES string of the molecule is C=CCn1c2ccccc2c2nnc(S[C@H](CC)C(=O)Nc3ccc(OC(F)(F)F)cc3)nc21. The third-order valence-electron chi connectivity index (χ3n) is 4.93. The number of hydrogen-bond donors (Lipinski definition) is 1. The molecular formula is C23H20F3N5O2S. The number of amides is 1. The summed E-state index contributed by atoms with van der Waals surface area (Å²) in [5.74, 6) is -0.693. The summed E-state index contributed by atoms with van der Waals surface area (Å²) >= 11 is 1.17. The predicted octanol–water partition coefficient (Wildman–Crippen LogP) is 5.57. The molecule has 0 saturated carbocycles. The van der Waals surface area contributed by atoms with Crippen molar-refractivity contribution in [3.05, 3.63) is 61.2 Å². The molecule has 34 heavy (non-hydrogen) atoms. The molecule has 0 spiro atoms. The molecule has 176 valence electrons. The predicted molar refractivity (Wildman–Crippen MR) is 125 cm³/mol. The van der Waals surface area contributed by atoms with Gasteiger partial charge in [-0.05, 0) is 36.8 Å². The van der Waals surface area contributed by atoms with Gasteiger partial charge in [0.1, 0.15) is 11.3 Å². The lowest BCUT2D eigenvalue weighted by atomic mass is 10.2. The van der Waals surface area contributed by atoms with Crippen molar-refractivity contribution in [3.8, 4) is 5.75 Å². The summed E-state index contributed by atoms with van der Waals surface area (Å²) in [6.45, 7) is 6.20. The largest absolute Gasteiger partial charge is 0.573 e. The van der Waals surface area contributed by atoms with Gasteiger partial charge in [-0.2, -0.15) is 0 Å². The lowest BCUT2D eigenvalue weighted by molar-refractivity contribution is -0.274. The Kier molecular flexibility index (Phi) is 6.73. The Morgan fingerprint density at radius 1 is 1.21 bits per heavy atom. The summed E-state index contributed by atoms with van der Waals surface area (Å²) in [5.41, 5.74) is 2.62. The average molecular weight is 488 g/mol. The van der Waals surface area contributed by atoms with Crippen molar-refractivity contribution in [3.63, 3.8) is 0 Å². The summed E-state index contributed by atoms with van der Waals surface area (Å²) < 4.78 is 42.8. The van der Waals surface area contributed by atoms with E-state index in [9.17, 15) is 18.0 Å². The topological polar surface area (TPSA) is 81.9 Å². The normalized spacial score (nSPS) is 12.6. The van der Waals surface area contributed by atoms with Crippen LogP contribution in [0, 0.1) is 0 Å². The Bertz CT molecular complexity index is 1340. The summed E-state index contributed by atoms with van der Waals surface area (Å²) in [4.78, 5) is 17.5. The van der Waals surface area contributed by atoms with Crippen LogP contribution < -0.4 is 10.1 Å². The maximum atomic E-state index is 12.8. The van der Waals surface area contributed by atoms with Crippen LogP contribution in [0.1, 0.15) is 13.3 Å². The highest BCUT2D eigenvalue weighted by Gasteiger charge is 2.31. The second-order valence-corrected chi connectivity index (χ2v) is 8.43. The van der Waals surface area contributed by atoms with E-state index in [2.05, 4.69) is 31.8 Å². The number of nitrogens with one attached hydrogen (secondary N) is 1. The van der Waals surface area contributed by atoms with Crippen LogP contribution in [0.2, 0.25) is 0 Å². The Balaban J connectivity index is 1.53. The van der Waals surface area contributed by atoms with Gasteiger partial charge in [-0.3, -0.25) is 4.79 Å². The van der Waals surface area contributed by atoms with E-state index in [1.54, 1.807) is 6.08 Å². The summed E-state index contributed by atoms with van der Waals surface area (Å²) in [7, 11) is 0. The Hall–Kier alpha value is -3.60. The molecule has 2 heterocycles. The monoisotopic (exact) mass is 487 g/mol. The van der Waals surface area contributed by atoms with Gasteiger partial charge in [0.2, 0.25) is 11.1 Å². The van der Waals surface area contributed by atoms with Crippen molar-refractivity contribution in [2.45, 2.75) is 36.7 Å². The van der Waals surface area contributed by atoms with Crippen LogP contribution in [0.5, 0.6) is 5.75 Å². The van der Waals surface area contributed by atoms with Crippen molar-refractivity contribution in [2.75, 3.05) is 5.32 Å². The molecule has 2 aromatic carbocycles. The standard InChI is InChI=1S/C23H20F3N5O2S/c1-3-13-31-17-8-6-5-7-16(17)19-20(31)28-22(30-29-19)34-18(4-2)21(32)27-14-9-11-15(12-10-14)33-23(24,25)26/h3,5-12,18H,1,4,13H2,2H3,(H,27,32)/t18-/m1/s1. The first-order valence-electron chi connectivity index (χ1n) is 10.3. The van der Waals surface area contributed by atoms with Gasteiger partial charge in [-0.1, -0.05) is 43.0 Å². The van der Waals surface area contributed by atoms with Crippen molar-refractivity contribution in [2.24, 2.45) is 0 Å². The highest BCUT2D eigenvalue weighted by atomic mass is 32.2. The van der Waals surface area contributed by atoms with Crippen LogP contribution in [0.3, 0.4) is 0 Å². The molecular weight excluding hydrogens is 467 g/mol. The number of rotatable bonds is 8. The number of carbonyl (C=O) groups excluding carboxylic acids is 1. The van der Waals surface area contributed by atoms with Crippen molar-refractivity contribution >= 4 is 45.4 Å². The number of nitrogens with zero attached hydrogens (tertiary/aromatic N) is 4. The van der Waals surface area contributed by atoms with E-state index in [1.165, 1.54) is 23.9 Å². The van der Waals surface area contributed by atoms with Crippen LogP contribution in [-0.2, 0) is 11.3 Å². The number of benzene rings is 2. The van der Waals surface area contributed by atoms with Crippen LogP contribution in [0.15, 0.2) is 66.3 Å². The summed E-state index contributed by atoms with van der Waals surface area (Å²) in [6, 6.07) is 12.7. The van der Waals surface area contributed by atoms with E-state index >= 15 is 0 Å². The van der Waals surface area contributed by atoms with Gasteiger partial charge in [0, 0.05) is 17.6 Å². The highest BCUT2D eigenvalue weighted by molar-refractivity contribution is 8.00. The number of carbonyl (C=O) groups is 1. The fraction of sp³-hybridized carbons (Fsp3) is 0.217. The number of allylic oxidation sites excluding steroid dienone is 1. The number of hydrogen-bond acceptors (Lipinski definition) is 6. The van der Waals surface area contributed by atoms with Crippen molar-refractivity contribution < 1.29 is 22.7 Å². The number of ether oxygens (including phenoxy) is 1. The number of para-hydroxylation sites is 1. The minimum absolute atomic E-state index is 0.327. The zero-order valence-electron chi connectivity index (χ0n) is 18.0. The molecule has 4 rings (SSSR count). The van der Waals surface area contributed by atoms with Gasteiger partial charge < -0.3 is 14.6 Å². The molecule has 0 aliphatic heterocycles. The fourth-order valence-corrected chi connectivity index (χ4v) is 4.28. The molecule has 1 atom stereocenters. The molecule has 11 heteroatoms. The molecule has 1 N–H and O–H groups in total. The fourth-order valence-electron chi connectivity index (χ4n) is 3.47.